The number of carbonyl (C=O) groups is 3. The van der Waals surface area contributed by atoms with Crippen molar-refractivity contribution in [3.63, 3.8) is 0 Å². The number of aliphatic carboxylic acids is 2. The number of phenols is 1. The summed E-state index contributed by atoms with van der Waals surface area (Å²) in [5, 5.41) is 33.5. The number of phenolic OH excluding ortho intramolecular Hbond substituents is 1. The first-order chi connectivity index (χ1) is 18.2. The third-order valence-electron chi connectivity index (χ3n) is 5.12. The van der Waals surface area contributed by atoms with Gasteiger partial charge in [0.15, 0.2) is 0 Å². The van der Waals surface area contributed by atoms with Gasteiger partial charge in [-0.15, -0.1) is 0 Å². The van der Waals surface area contributed by atoms with Crippen LogP contribution in [0.1, 0.15) is 34.8 Å². The van der Waals surface area contributed by atoms with Gasteiger partial charge in [0.05, 0.1) is 5.56 Å². The predicted molar refractivity (Wildman–Crippen MR) is 147 cm³/mol. The van der Waals surface area contributed by atoms with Crippen LogP contribution in [0.5, 0.6) is 5.75 Å². The topological polar surface area (TPSA) is 135 Å². The largest absolute Gasteiger partial charge is 0.508 e. The number of aromatic carboxylic acids is 1. The lowest BCUT2D eigenvalue weighted by Crippen LogP contribution is -2.29. The standard InChI is InChI=1S/C19H25NO.C7H6O2.C4H4O4/c1-2-13-20(14-11-17-7-4-3-5-8-17)15-12-18-9-6-10-19(21)16-18;8-7(9)6-4-2-1-3-5-6;5-3(6)1-2-4(7)8/h3-10,16,21H,2,11-15H2,1H3;1-5H,(H,8,9);1-2H,(H,5,6)(H,7,8)/b;;2-1+. The summed E-state index contributed by atoms with van der Waals surface area (Å²) < 4.78 is 0. The molecule has 0 radical (unpaired) electrons. The van der Waals surface area contributed by atoms with Crippen molar-refractivity contribution in [3.05, 3.63) is 114 Å². The molecule has 0 bridgehead atoms. The van der Waals surface area contributed by atoms with E-state index >= 15 is 0 Å². The van der Waals surface area contributed by atoms with Gasteiger partial charge in [0.1, 0.15) is 5.75 Å². The Morgan fingerprint density at radius 1 is 0.684 bits per heavy atom. The third kappa shape index (κ3) is 15.5. The van der Waals surface area contributed by atoms with Crippen LogP contribution in [0.2, 0.25) is 0 Å². The Balaban J connectivity index is 0.000000349. The Bertz CT molecular complexity index is 1120. The highest BCUT2D eigenvalue weighted by atomic mass is 16.4. The third-order valence-corrected chi connectivity index (χ3v) is 5.12. The van der Waals surface area contributed by atoms with E-state index in [1.165, 1.54) is 17.5 Å². The zero-order valence-corrected chi connectivity index (χ0v) is 21.4. The van der Waals surface area contributed by atoms with Gasteiger partial charge in [-0.25, -0.2) is 14.4 Å². The summed E-state index contributed by atoms with van der Waals surface area (Å²) in [4.78, 5) is 31.8. The lowest BCUT2D eigenvalue weighted by molar-refractivity contribution is -0.134. The molecule has 0 saturated carbocycles. The number of carboxylic acids is 3. The molecular formula is C30H35NO7. The van der Waals surface area contributed by atoms with Crippen molar-refractivity contribution in [2.75, 3.05) is 19.6 Å². The van der Waals surface area contributed by atoms with Gasteiger partial charge in [0.25, 0.3) is 0 Å². The highest BCUT2D eigenvalue weighted by Crippen LogP contribution is 2.12. The Kier molecular flexibility index (Phi) is 15.6. The van der Waals surface area contributed by atoms with Crippen molar-refractivity contribution in [2.24, 2.45) is 0 Å². The van der Waals surface area contributed by atoms with Crippen LogP contribution in [-0.2, 0) is 22.4 Å². The van der Waals surface area contributed by atoms with Crippen LogP contribution < -0.4 is 0 Å². The predicted octanol–water partition coefficient (Wildman–Crippen LogP) is 4.99. The van der Waals surface area contributed by atoms with Crippen LogP contribution in [0.3, 0.4) is 0 Å². The number of aromatic hydroxyl groups is 1. The summed E-state index contributed by atoms with van der Waals surface area (Å²) in [5.41, 5.74) is 2.93. The second-order valence-corrected chi connectivity index (χ2v) is 8.18. The minimum Gasteiger partial charge on any atom is -0.508 e. The molecule has 0 fully saturated rings. The van der Waals surface area contributed by atoms with Gasteiger partial charge in [-0.3, -0.25) is 0 Å². The first-order valence-electron chi connectivity index (χ1n) is 12.2. The maximum atomic E-state index is 10.2. The van der Waals surface area contributed by atoms with Crippen LogP contribution in [-0.4, -0.2) is 62.9 Å². The van der Waals surface area contributed by atoms with Crippen LogP contribution in [0.4, 0.5) is 0 Å². The molecule has 0 spiro atoms. The minimum absolute atomic E-state index is 0.331. The molecule has 38 heavy (non-hydrogen) atoms. The molecule has 0 heterocycles. The highest BCUT2D eigenvalue weighted by Gasteiger charge is 2.05. The number of nitrogens with zero attached hydrogens (tertiary/aromatic N) is 1. The molecule has 0 aliphatic rings. The summed E-state index contributed by atoms with van der Waals surface area (Å²) in [6, 6.07) is 26.5. The van der Waals surface area contributed by atoms with Crippen LogP contribution in [0.15, 0.2) is 97.1 Å². The fraction of sp³-hybridized carbons (Fsp3) is 0.233. The van der Waals surface area contributed by atoms with Crippen LogP contribution in [0, 0.1) is 0 Å². The molecule has 8 nitrogen and oxygen atoms in total. The number of hydrogen-bond acceptors (Lipinski definition) is 5. The van der Waals surface area contributed by atoms with E-state index in [-0.39, 0.29) is 0 Å². The average Bonchev–Trinajstić information content (AvgIpc) is 2.91. The molecule has 0 aliphatic carbocycles. The van der Waals surface area contributed by atoms with Crippen molar-refractivity contribution in [1.82, 2.24) is 4.90 Å². The molecule has 8 heteroatoms. The minimum atomic E-state index is -1.26. The van der Waals surface area contributed by atoms with Gasteiger partial charge in [-0.05, 0) is 61.2 Å². The first-order valence-corrected chi connectivity index (χ1v) is 12.2. The van der Waals surface area contributed by atoms with Gasteiger partial charge in [0, 0.05) is 25.2 Å². The van der Waals surface area contributed by atoms with Crippen molar-refractivity contribution in [2.45, 2.75) is 26.2 Å². The Hall–Kier alpha value is -4.43. The highest BCUT2D eigenvalue weighted by molar-refractivity contribution is 5.89. The van der Waals surface area contributed by atoms with Crippen molar-refractivity contribution >= 4 is 17.9 Å². The van der Waals surface area contributed by atoms with Crippen molar-refractivity contribution in [1.29, 1.82) is 0 Å². The van der Waals surface area contributed by atoms with E-state index in [0.29, 0.717) is 23.5 Å². The fourth-order valence-corrected chi connectivity index (χ4v) is 3.31. The normalized spacial score (nSPS) is 10.2. The average molecular weight is 522 g/mol. The lowest BCUT2D eigenvalue weighted by atomic mass is 10.1. The molecule has 3 aromatic carbocycles. The molecule has 0 saturated heterocycles. The second kappa shape index (κ2) is 18.8. The maximum absolute atomic E-state index is 10.2. The number of hydrogen-bond donors (Lipinski definition) is 4. The molecule has 0 aromatic heterocycles. The molecule has 3 aromatic rings. The summed E-state index contributed by atoms with van der Waals surface area (Å²) in [5.74, 6) is -3.03. The van der Waals surface area contributed by atoms with E-state index in [9.17, 15) is 19.5 Å². The van der Waals surface area contributed by atoms with Crippen molar-refractivity contribution in [3.8, 4) is 5.75 Å². The summed E-state index contributed by atoms with van der Waals surface area (Å²) >= 11 is 0. The zero-order chi connectivity index (χ0) is 28.2. The van der Waals surface area contributed by atoms with Gasteiger partial charge in [0.2, 0.25) is 0 Å². The number of benzene rings is 3. The molecule has 0 aliphatic heterocycles. The quantitative estimate of drug-likeness (QED) is 0.259. The molecule has 3 rings (SSSR count). The number of carboxylic acid groups (broad SMARTS) is 3. The van der Waals surface area contributed by atoms with E-state index < -0.39 is 17.9 Å². The van der Waals surface area contributed by atoms with E-state index in [0.717, 1.165) is 32.5 Å². The van der Waals surface area contributed by atoms with E-state index in [1.807, 2.05) is 12.1 Å². The van der Waals surface area contributed by atoms with E-state index in [1.54, 1.807) is 36.4 Å². The Morgan fingerprint density at radius 3 is 1.63 bits per heavy atom. The molecule has 0 amide bonds. The molecule has 202 valence electrons. The van der Waals surface area contributed by atoms with E-state index in [2.05, 4.69) is 48.2 Å². The lowest BCUT2D eigenvalue weighted by Gasteiger charge is -2.21. The second-order valence-electron chi connectivity index (χ2n) is 8.18. The van der Waals surface area contributed by atoms with Gasteiger partial charge in [-0.2, -0.15) is 0 Å². The number of rotatable bonds is 11. The molecule has 0 unspecified atom stereocenters. The van der Waals surface area contributed by atoms with Gasteiger partial charge < -0.3 is 25.3 Å². The van der Waals surface area contributed by atoms with Crippen LogP contribution >= 0.6 is 0 Å². The first kappa shape index (κ1) is 31.6. The molecular weight excluding hydrogens is 486 g/mol. The zero-order valence-electron chi connectivity index (χ0n) is 21.4. The molecule has 4 N–H and O–H groups in total. The Labute approximate surface area is 223 Å². The van der Waals surface area contributed by atoms with Gasteiger partial charge >= 0.3 is 17.9 Å². The smallest absolute Gasteiger partial charge is 0.335 e. The van der Waals surface area contributed by atoms with Crippen molar-refractivity contribution < 1.29 is 34.8 Å². The van der Waals surface area contributed by atoms with Gasteiger partial charge in [-0.1, -0.05) is 67.6 Å². The SMILES string of the molecule is CCCN(CCc1ccccc1)CCc1cccc(O)c1.O=C(O)/C=C/C(=O)O.O=C(O)c1ccccc1. The summed E-state index contributed by atoms with van der Waals surface area (Å²) in [6.07, 6.45) is 4.38. The van der Waals surface area contributed by atoms with Crippen LogP contribution in [0.25, 0.3) is 0 Å². The fourth-order valence-electron chi connectivity index (χ4n) is 3.31. The maximum Gasteiger partial charge on any atom is 0.335 e. The monoisotopic (exact) mass is 521 g/mol. The summed E-state index contributed by atoms with van der Waals surface area (Å²) in [6.45, 7) is 5.50. The van der Waals surface area contributed by atoms with E-state index in [4.69, 9.17) is 15.3 Å². The molecule has 0 atom stereocenters. The Morgan fingerprint density at radius 2 is 1.18 bits per heavy atom. The summed E-state index contributed by atoms with van der Waals surface area (Å²) in [7, 11) is 0.